The Morgan fingerprint density at radius 1 is 1.20 bits per heavy atom. The number of carbonyl (C=O) groups excluding carboxylic acids is 1. The van der Waals surface area contributed by atoms with Gasteiger partial charge in [-0.3, -0.25) is 4.79 Å². The fourth-order valence-electron chi connectivity index (χ4n) is 2.13. The Morgan fingerprint density at radius 2 is 1.92 bits per heavy atom. The van der Waals surface area contributed by atoms with Gasteiger partial charge in [0.05, 0.1) is 0 Å². The molecule has 2 aromatic rings. The number of nitrogens with one attached hydrogen (secondary N) is 2. The summed E-state index contributed by atoms with van der Waals surface area (Å²) in [5.41, 5.74) is 2.05. The largest absolute Gasteiger partial charge is 0.508 e. The Hall–Kier alpha value is -2.78. The maximum atomic E-state index is 12.0. The van der Waals surface area contributed by atoms with Gasteiger partial charge in [0, 0.05) is 23.8 Å². The third-order valence-corrected chi connectivity index (χ3v) is 4.27. The molecule has 0 saturated carbocycles. The van der Waals surface area contributed by atoms with Crippen molar-refractivity contribution in [2.24, 2.45) is 0 Å². The lowest BCUT2D eigenvalue weighted by Crippen LogP contribution is -2.27. The minimum atomic E-state index is -0.416. The van der Waals surface area contributed by atoms with Crippen molar-refractivity contribution in [3.05, 3.63) is 75.9 Å². The first kappa shape index (κ1) is 18.6. The van der Waals surface area contributed by atoms with Crippen LogP contribution in [0.25, 0.3) is 0 Å². The van der Waals surface area contributed by atoms with Crippen LogP contribution in [0.3, 0.4) is 0 Å². The van der Waals surface area contributed by atoms with Crippen LogP contribution in [0.1, 0.15) is 11.1 Å². The number of halogens is 1. The van der Waals surface area contributed by atoms with Crippen LogP contribution in [0, 0.1) is 11.3 Å². The van der Waals surface area contributed by atoms with E-state index >= 15 is 0 Å². The highest BCUT2D eigenvalue weighted by molar-refractivity contribution is 9.10. The third-order valence-electron chi connectivity index (χ3n) is 3.50. The number of hydrogen-bond donors (Lipinski definition) is 3. The number of phenols is 1. The van der Waals surface area contributed by atoms with Crippen molar-refractivity contribution in [1.82, 2.24) is 10.6 Å². The Balaban J connectivity index is 1.82. The second-order valence-corrected chi connectivity index (χ2v) is 6.17. The Bertz CT molecular complexity index is 795. The number of benzene rings is 2. The highest BCUT2D eigenvalue weighted by Crippen LogP contribution is 2.15. The molecule has 0 unspecified atom stereocenters. The quantitative estimate of drug-likeness (QED) is 0.493. The number of amides is 1. The van der Waals surface area contributed by atoms with Crippen molar-refractivity contribution in [2.75, 3.05) is 6.54 Å². The van der Waals surface area contributed by atoms with Crippen LogP contribution in [0.2, 0.25) is 0 Å². The summed E-state index contributed by atoms with van der Waals surface area (Å²) in [4.78, 5) is 12.0. The molecule has 6 heteroatoms. The highest BCUT2D eigenvalue weighted by atomic mass is 79.9. The molecule has 0 fully saturated rings. The molecular weight excluding hydrogens is 382 g/mol. The van der Waals surface area contributed by atoms with Gasteiger partial charge in [0.25, 0.3) is 5.91 Å². The summed E-state index contributed by atoms with van der Waals surface area (Å²) in [6.07, 6.45) is 2.05. The molecule has 0 heterocycles. The van der Waals surface area contributed by atoms with Crippen molar-refractivity contribution in [2.45, 2.75) is 13.0 Å². The van der Waals surface area contributed by atoms with E-state index in [-0.39, 0.29) is 11.3 Å². The van der Waals surface area contributed by atoms with Gasteiger partial charge in [-0.15, -0.1) is 0 Å². The lowest BCUT2D eigenvalue weighted by molar-refractivity contribution is -0.117. The molecule has 2 aromatic carbocycles. The van der Waals surface area contributed by atoms with Crippen LogP contribution in [0.15, 0.2) is 64.8 Å². The number of aromatic hydroxyl groups is 1. The van der Waals surface area contributed by atoms with Crippen LogP contribution >= 0.6 is 15.9 Å². The SMILES string of the molecule is N#C/C(=C/NCc1ccccc1Br)C(=O)NCCc1ccc(O)cc1. The van der Waals surface area contributed by atoms with E-state index in [2.05, 4.69) is 26.6 Å². The van der Waals surface area contributed by atoms with E-state index in [0.717, 1.165) is 15.6 Å². The second kappa shape index (κ2) is 9.50. The van der Waals surface area contributed by atoms with Crippen LogP contribution in [0.4, 0.5) is 0 Å². The van der Waals surface area contributed by atoms with Gasteiger partial charge in [-0.2, -0.15) is 5.26 Å². The van der Waals surface area contributed by atoms with Gasteiger partial charge in [0.15, 0.2) is 0 Å². The summed E-state index contributed by atoms with van der Waals surface area (Å²) in [5, 5.41) is 24.1. The number of carbonyl (C=O) groups is 1. The average Bonchev–Trinajstić information content (AvgIpc) is 2.62. The normalized spacial score (nSPS) is 10.8. The van der Waals surface area contributed by atoms with Crippen molar-refractivity contribution >= 4 is 21.8 Å². The summed E-state index contributed by atoms with van der Waals surface area (Å²) in [7, 11) is 0. The van der Waals surface area contributed by atoms with Crippen molar-refractivity contribution in [1.29, 1.82) is 5.26 Å². The summed E-state index contributed by atoms with van der Waals surface area (Å²) in [6.45, 7) is 0.917. The zero-order chi connectivity index (χ0) is 18.1. The monoisotopic (exact) mass is 399 g/mol. The minimum Gasteiger partial charge on any atom is -0.508 e. The second-order valence-electron chi connectivity index (χ2n) is 5.31. The van der Waals surface area contributed by atoms with E-state index in [4.69, 9.17) is 5.26 Å². The molecule has 0 saturated heterocycles. The first-order chi connectivity index (χ1) is 12.1. The third kappa shape index (κ3) is 5.98. The van der Waals surface area contributed by atoms with E-state index in [0.29, 0.717) is 19.5 Å². The van der Waals surface area contributed by atoms with Crippen LogP contribution < -0.4 is 10.6 Å². The highest BCUT2D eigenvalue weighted by Gasteiger charge is 2.08. The maximum absolute atomic E-state index is 12.0. The fourth-order valence-corrected chi connectivity index (χ4v) is 2.56. The molecular formula is C19H18BrN3O2. The summed E-state index contributed by atoms with van der Waals surface area (Å²) in [5.74, 6) is -0.209. The van der Waals surface area contributed by atoms with Gasteiger partial charge >= 0.3 is 0 Å². The van der Waals surface area contributed by atoms with E-state index in [1.54, 1.807) is 24.3 Å². The zero-order valence-electron chi connectivity index (χ0n) is 13.5. The smallest absolute Gasteiger partial charge is 0.263 e. The summed E-state index contributed by atoms with van der Waals surface area (Å²) >= 11 is 3.45. The van der Waals surface area contributed by atoms with Gasteiger partial charge in [-0.25, -0.2) is 0 Å². The molecule has 0 bridgehead atoms. The van der Waals surface area contributed by atoms with Gasteiger partial charge < -0.3 is 15.7 Å². The van der Waals surface area contributed by atoms with Gasteiger partial charge in [0.2, 0.25) is 0 Å². The molecule has 0 spiro atoms. The molecule has 0 aliphatic heterocycles. The molecule has 1 amide bonds. The van der Waals surface area contributed by atoms with Gasteiger partial charge in [0.1, 0.15) is 17.4 Å². The molecule has 0 aromatic heterocycles. The summed E-state index contributed by atoms with van der Waals surface area (Å²) in [6, 6.07) is 16.4. The Labute approximate surface area is 155 Å². The topological polar surface area (TPSA) is 85.2 Å². The van der Waals surface area contributed by atoms with Gasteiger partial charge in [-0.1, -0.05) is 46.3 Å². The Kier molecular flexibility index (Phi) is 7.05. The number of rotatable bonds is 7. The predicted molar refractivity (Wildman–Crippen MR) is 99.5 cm³/mol. The van der Waals surface area contributed by atoms with Crippen molar-refractivity contribution in [3.8, 4) is 11.8 Å². The van der Waals surface area contributed by atoms with E-state index in [9.17, 15) is 9.90 Å². The van der Waals surface area contributed by atoms with Crippen LogP contribution in [0.5, 0.6) is 5.75 Å². The molecule has 0 aliphatic rings. The minimum absolute atomic E-state index is 0.0257. The number of phenolic OH excluding ortho intramolecular Hbond substituents is 1. The van der Waals surface area contributed by atoms with E-state index < -0.39 is 5.91 Å². The molecule has 25 heavy (non-hydrogen) atoms. The zero-order valence-corrected chi connectivity index (χ0v) is 15.1. The lowest BCUT2D eigenvalue weighted by Gasteiger charge is -2.06. The number of nitrogens with zero attached hydrogens (tertiary/aromatic N) is 1. The molecule has 128 valence electrons. The molecule has 0 aliphatic carbocycles. The van der Waals surface area contributed by atoms with E-state index in [1.165, 1.54) is 6.20 Å². The fraction of sp³-hybridized carbons (Fsp3) is 0.158. The Morgan fingerprint density at radius 3 is 2.60 bits per heavy atom. The molecule has 0 radical (unpaired) electrons. The average molecular weight is 400 g/mol. The standard InChI is InChI=1S/C19H18BrN3O2/c20-18-4-2-1-3-15(18)12-22-13-16(11-21)19(25)23-10-9-14-5-7-17(24)8-6-14/h1-8,13,22,24H,9-10,12H2,(H,23,25)/b16-13-. The van der Waals surface area contributed by atoms with Crippen LogP contribution in [-0.4, -0.2) is 17.6 Å². The molecule has 2 rings (SSSR count). The van der Waals surface area contributed by atoms with Crippen LogP contribution in [-0.2, 0) is 17.8 Å². The maximum Gasteiger partial charge on any atom is 0.263 e. The predicted octanol–water partition coefficient (Wildman–Crippen LogP) is 3.01. The first-order valence-electron chi connectivity index (χ1n) is 7.73. The van der Waals surface area contributed by atoms with Crippen molar-refractivity contribution < 1.29 is 9.90 Å². The van der Waals surface area contributed by atoms with E-state index in [1.807, 2.05) is 30.3 Å². The number of hydrogen-bond acceptors (Lipinski definition) is 4. The molecule has 5 nitrogen and oxygen atoms in total. The molecule has 3 N–H and O–H groups in total. The first-order valence-corrected chi connectivity index (χ1v) is 8.52. The van der Waals surface area contributed by atoms with Gasteiger partial charge in [-0.05, 0) is 35.7 Å². The molecule has 0 atom stereocenters. The summed E-state index contributed by atoms with van der Waals surface area (Å²) < 4.78 is 0.966. The number of nitriles is 1. The lowest BCUT2D eigenvalue weighted by atomic mass is 10.1. The van der Waals surface area contributed by atoms with Crippen molar-refractivity contribution in [3.63, 3.8) is 0 Å².